The van der Waals surface area contributed by atoms with Crippen LogP contribution >= 0.6 is 0 Å². The molecule has 3 aromatic rings. The van der Waals surface area contributed by atoms with Crippen LogP contribution in [-0.4, -0.2) is 33.1 Å². The SMILES string of the molecule is CC(C)(C)OC(=O)N1CCc2cc(-c3cncc4[nH]ccc34)ccc2C1. The van der Waals surface area contributed by atoms with Gasteiger partial charge in [-0.1, -0.05) is 18.2 Å². The molecule has 0 fully saturated rings. The number of rotatable bonds is 1. The van der Waals surface area contributed by atoms with Gasteiger partial charge in [-0.15, -0.1) is 0 Å². The third kappa shape index (κ3) is 3.17. The molecule has 2 aromatic heterocycles. The number of carbonyl (C=O) groups is 1. The average molecular weight is 349 g/mol. The minimum atomic E-state index is -0.469. The van der Waals surface area contributed by atoms with Crippen LogP contribution in [0.1, 0.15) is 31.9 Å². The molecule has 0 spiro atoms. The van der Waals surface area contributed by atoms with Crippen LogP contribution in [0.25, 0.3) is 22.0 Å². The first-order valence-electron chi connectivity index (χ1n) is 8.92. The lowest BCUT2D eigenvalue weighted by molar-refractivity contribution is 0.0224. The molecule has 1 aliphatic heterocycles. The van der Waals surface area contributed by atoms with Gasteiger partial charge >= 0.3 is 6.09 Å². The number of fused-ring (bicyclic) bond motifs is 2. The molecule has 134 valence electrons. The molecule has 3 heterocycles. The normalized spacial score (nSPS) is 14.3. The first-order valence-corrected chi connectivity index (χ1v) is 8.92. The number of nitrogens with zero attached hydrogens (tertiary/aromatic N) is 2. The average Bonchev–Trinajstić information content (AvgIpc) is 3.08. The fourth-order valence-corrected chi connectivity index (χ4v) is 3.41. The fraction of sp³-hybridized carbons (Fsp3) is 0.333. The maximum Gasteiger partial charge on any atom is 0.410 e. The highest BCUT2D eigenvalue weighted by molar-refractivity contribution is 5.94. The molecule has 0 radical (unpaired) electrons. The van der Waals surface area contributed by atoms with Crippen molar-refractivity contribution >= 4 is 17.0 Å². The fourth-order valence-electron chi connectivity index (χ4n) is 3.41. The van der Waals surface area contributed by atoms with Gasteiger partial charge in [-0.05, 0) is 49.9 Å². The van der Waals surface area contributed by atoms with Gasteiger partial charge in [-0.2, -0.15) is 0 Å². The number of H-pyrrole nitrogens is 1. The number of benzene rings is 1. The lowest BCUT2D eigenvalue weighted by atomic mass is 9.94. The van der Waals surface area contributed by atoms with Crippen molar-refractivity contribution in [2.24, 2.45) is 0 Å². The quantitative estimate of drug-likeness (QED) is 0.702. The molecular weight excluding hydrogens is 326 g/mol. The van der Waals surface area contributed by atoms with E-state index in [0.717, 1.165) is 23.1 Å². The zero-order valence-electron chi connectivity index (χ0n) is 15.4. The molecule has 1 aliphatic rings. The summed E-state index contributed by atoms with van der Waals surface area (Å²) in [5, 5.41) is 1.17. The van der Waals surface area contributed by atoms with Crippen molar-refractivity contribution in [2.45, 2.75) is 39.3 Å². The summed E-state index contributed by atoms with van der Waals surface area (Å²) < 4.78 is 5.50. The number of aromatic amines is 1. The van der Waals surface area contributed by atoms with Crippen molar-refractivity contribution < 1.29 is 9.53 Å². The van der Waals surface area contributed by atoms with Crippen molar-refractivity contribution in [3.63, 3.8) is 0 Å². The van der Waals surface area contributed by atoms with E-state index in [-0.39, 0.29) is 6.09 Å². The first-order chi connectivity index (χ1) is 12.4. The zero-order chi connectivity index (χ0) is 18.3. The second kappa shape index (κ2) is 6.16. The Morgan fingerprint density at radius 2 is 2.04 bits per heavy atom. The molecule has 0 saturated carbocycles. The van der Waals surface area contributed by atoms with Gasteiger partial charge in [0.1, 0.15) is 5.60 Å². The lowest BCUT2D eigenvalue weighted by Crippen LogP contribution is -2.39. The van der Waals surface area contributed by atoms with Gasteiger partial charge < -0.3 is 14.6 Å². The third-order valence-electron chi connectivity index (χ3n) is 4.66. The van der Waals surface area contributed by atoms with Gasteiger partial charge in [0.25, 0.3) is 0 Å². The Morgan fingerprint density at radius 3 is 2.85 bits per heavy atom. The highest BCUT2D eigenvalue weighted by Crippen LogP contribution is 2.30. The number of nitrogens with one attached hydrogen (secondary N) is 1. The van der Waals surface area contributed by atoms with E-state index in [1.165, 1.54) is 16.5 Å². The Morgan fingerprint density at radius 1 is 1.19 bits per heavy atom. The van der Waals surface area contributed by atoms with Crippen LogP contribution in [0.4, 0.5) is 4.79 Å². The molecule has 0 bridgehead atoms. The molecule has 1 N–H and O–H groups in total. The van der Waals surface area contributed by atoms with Crippen molar-refractivity contribution in [1.82, 2.24) is 14.9 Å². The molecule has 4 rings (SSSR count). The van der Waals surface area contributed by atoms with Crippen molar-refractivity contribution in [3.05, 3.63) is 54.0 Å². The van der Waals surface area contributed by atoms with E-state index in [9.17, 15) is 4.79 Å². The van der Waals surface area contributed by atoms with E-state index in [4.69, 9.17) is 4.74 Å². The van der Waals surface area contributed by atoms with Crippen LogP contribution in [-0.2, 0) is 17.7 Å². The smallest absolute Gasteiger partial charge is 0.410 e. The number of pyridine rings is 1. The summed E-state index contributed by atoms with van der Waals surface area (Å²) >= 11 is 0. The Kier molecular flexibility index (Phi) is 3.94. The minimum Gasteiger partial charge on any atom is -0.444 e. The standard InChI is InChI=1S/C21H23N3O2/c1-21(2,3)26-20(25)24-9-7-14-10-15(4-5-16(14)13-24)18-11-22-12-19-17(18)6-8-23-19/h4-6,8,10-12,23H,7,9,13H2,1-3H3. The summed E-state index contributed by atoms with van der Waals surface area (Å²) in [7, 11) is 0. The highest BCUT2D eigenvalue weighted by atomic mass is 16.6. The number of amides is 1. The van der Waals surface area contributed by atoms with Gasteiger partial charge in [0.15, 0.2) is 0 Å². The maximum atomic E-state index is 12.3. The van der Waals surface area contributed by atoms with Gasteiger partial charge in [0, 0.05) is 36.4 Å². The van der Waals surface area contributed by atoms with Crippen LogP contribution < -0.4 is 0 Å². The number of aromatic nitrogens is 2. The Bertz CT molecular complexity index is 969. The monoisotopic (exact) mass is 349 g/mol. The number of hydrogen-bond donors (Lipinski definition) is 1. The molecule has 0 aliphatic carbocycles. The van der Waals surface area contributed by atoms with E-state index in [1.807, 2.05) is 39.4 Å². The molecule has 0 unspecified atom stereocenters. The molecule has 26 heavy (non-hydrogen) atoms. The molecule has 0 atom stereocenters. The maximum absolute atomic E-state index is 12.3. The van der Waals surface area contributed by atoms with Crippen molar-refractivity contribution in [1.29, 1.82) is 0 Å². The topological polar surface area (TPSA) is 58.2 Å². The number of hydrogen-bond acceptors (Lipinski definition) is 3. The third-order valence-corrected chi connectivity index (χ3v) is 4.66. The summed E-state index contributed by atoms with van der Waals surface area (Å²) in [5.74, 6) is 0. The molecular formula is C21H23N3O2. The van der Waals surface area contributed by atoms with Gasteiger partial charge in [0.05, 0.1) is 11.7 Å². The number of carbonyl (C=O) groups excluding carboxylic acids is 1. The zero-order valence-corrected chi connectivity index (χ0v) is 15.4. The Hall–Kier alpha value is -2.82. The first kappa shape index (κ1) is 16.6. The molecule has 5 heteroatoms. The molecule has 1 amide bonds. The predicted octanol–water partition coefficient (Wildman–Crippen LogP) is 4.52. The summed E-state index contributed by atoms with van der Waals surface area (Å²) in [6.07, 6.45) is 6.28. The Balaban J connectivity index is 1.60. The van der Waals surface area contributed by atoms with Crippen molar-refractivity contribution in [3.8, 4) is 11.1 Å². The van der Waals surface area contributed by atoms with E-state index < -0.39 is 5.60 Å². The lowest BCUT2D eigenvalue weighted by Gasteiger charge is -2.31. The van der Waals surface area contributed by atoms with Crippen LogP contribution in [0, 0.1) is 0 Å². The van der Waals surface area contributed by atoms with E-state index in [0.29, 0.717) is 13.1 Å². The van der Waals surface area contributed by atoms with Crippen molar-refractivity contribution in [2.75, 3.05) is 6.54 Å². The second-order valence-corrected chi connectivity index (χ2v) is 7.76. The van der Waals surface area contributed by atoms with E-state index in [1.54, 1.807) is 4.90 Å². The summed E-state index contributed by atoms with van der Waals surface area (Å²) in [5.41, 5.74) is 5.32. The minimum absolute atomic E-state index is 0.242. The van der Waals surface area contributed by atoms with Crippen LogP contribution in [0.5, 0.6) is 0 Å². The summed E-state index contributed by atoms with van der Waals surface area (Å²) in [6.45, 7) is 6.95. The highest BCUT2D eigenvalue weighted by Gasteiger charge is 2.25. The summed E-state index contributed by atoms with van der Waals surface area (Å²) in [6, 6.07) is 8.54. The van der Waals surface area contributed by atoms with Crippen LogP contribution in [0.2, 0.25) is 0 Å². The van der Waals surface area contributed by atoms with E-state index in [2.05, 4.69) is 34.2 Å². The van der Waals surface area contributed by atoms with Gasteiger partial charge in [-0.3, -0.25) is 4.98 Å². The predicted molar refractivity (Wildman–Crippen MR) is 102 cm³/mol. The van der Waals surface area contributed by atoms with Crippen LogP contribution in [0.3, 0.4) is 0 Å². The van der Waals surface area contributed by atoms with Crippen LogP contribution in [0.15, 0.2) is 42.9 Å². The second-order valence-electron chi connectivity index (χ2n) is 7.76. The van der Waals surface area contributed by atoms with E-state index >= 15 is 0 Å². The molecule has 1 aromatic carbocycles. The summed E-state index contributed by atoms with van der Waals surface area (Å²) in [4.78, 5) is 21.7. The molecule has 5 nitrogen and oxygen atoms in total. The van der Waals surface area contributed by atoms with Gasteiger partial charge in [0.2, 0.25) is 0 Å². The molecule has 0 saturated heterocycles. The largest absolute Gasteiger partial charge is 0.444 e. The Labute approximate surface area is 153 Å². The number of ether oxygens (including phenoxy) is 1. The van der Waals surface area contributed by atoms with Gasteiger partial charge in [-0.25, -0.2) is 4.79 Å².